The van der Waals surface area contributed by atoms with Gasteiger partial charge in [0.1, 0.15) is 23.6 Å². The number of azide groups is 1. The van der Waals surface area contributed by atoms with Crippen LogP contribution in [0.3, 0.4) is 0 Å². The Kier molecular flexibility index (Phi) is 7.55. The summed E-state index contributed by atoms with van der Waals surface area (Å²) in [6, 6.07) is 1.98. The summed E-state index contributed by atoms with van der Waals surface area (Å²) in [5.74, 6) is 1.62. The predicted molar refractivity (Wildman–Crippen MR) is 141 cm³/mol. The molecule has 3 aliphatic rings. The molecule has 1 amide bonds. The number of hydrogen-bond donors (Lipinski definition) is 1. The normalized spacial score (nSPS) is 13.0. The smallest absolute Gasteiger partial charge is 0.413 e. The Morgan fingerprint density at radius 2 is 2.11 bits per heavy atom. The number of aromatic nitrogens is 4. The van der Waals surface area contributed by atoms with Gasteiger partial charge in [-0.1, -0.05) is 5.11 Å². The number of hydrogen-bond acceptors (Lipinski definition) is 9. The molecule has 0 fully saturated rings. The number of pyridine rings is 1. The van der Waals surface area contributed by atoms with Gasteiger partial charge >= 0.3 is 6.09 Å². The average molecular weight is 524 g/mol. The molecule has 0 spiro atoms. The Hall–Kier alpha value is -3.83. The Bertz CT molecular complexity index is 1390. The van der Waals surface area contributed by atoms with Gasteiger partial charge in [0.2, 0.25) is 0 Å². The van der Waals surface area contributed by atoms with Crippen LogP contribution in [-0.2, 0) is 23.5 Å². The molecule has 0 saturated carbocycles. The number of nitrogens with one attached hydrogen (secondary N) is 1. The van der Waals surface area contributed by atoms with Crippen molar-refractivity contribution in [3.05, 3.63) is 56.3 Å². The standard InChI is InChI=1S/C24H29N9O3S/c1-13-10-26-18(14(2)21(13)35-6)11-33-29-17-9-15(7-8-27-32-25)16-12-37-31-22(20(30-33)19(16)17)28-23(34)36-24(3,4)5/h9-10H,7-8,11-12H2,1-6H3,(H,28,31,34). The third-order valence-corrected chi connectivity index (χ3v) is 6.46. The van der Waals surface area contributed by atoms with Crippen LogP contribution in [0.5, 0.6) is 5.75 Å². The number of amidine groups is 1. The van der Waals surface area contributed by atoms with Gasteiger partial charge in [0.05, 0.1) is 18.5 Å². The van der Waals surface area contributed by atoms with Gasteiger partial charge in [-0.25, -0.2) is 4.79 Å². The van der Waals surface area contributed by atoms with Gasteiger partial charge in [-0.15, -0.1) is 0 Å². The third-order valence-electron chi connectivity index (χ3n) is 5.73. The molecule has 0 aromatic carbocycles. The van der Waals surface area contributed by atoms with E-state index in [0.29, 0.717) is 30.1 Å². The van der Waals surface area contributed by atoms with Crippen LogP contribution in [0.15, 0.2) is 21.8 Å². The molecule has 0 saturated heterocycles. The van der Waals surface area contributed by atoms with E-state index in [-0.39, 0.29) is 12.4 Å². The molecule has 0 atom stereocenters. The quantitative estimate of drug-likeness (QED) is 0.212. The summed E-state index contributed by atoms with van der Waals surface area (Å²) in [4.78, 5) is 21.6. The molecule has 4 rings (SSSR count). The zero-order chi connectivity index (χ0) is 26.7. The first-order chi connectivity index (χ1) is 17.6. The van der Waals surface area contributed by atoms with E-state index in [1.165, 1.54) is 11.9 Å². The number of alkyl carbamates (subject to hydrolysis) is 1. The van der Waals surface area contributed by atoms with Crippen LogP contribution in [0, 0.1) is 13.8 Å². The highest BCUT2D eigenvalue weighted by Gasteiger charge is 2.30. The molecule has 13 heteroatoms. The van der Waals surface area contributed by atoms with Gasteiger partial charge in [-0.2, -0.15) is 19.4 Å². The van der Waals surface area contributed by atoms with Crippen LogP contribution in [0.2, 0.25) is 0 Å². The van der Waals surface area contributed by atoms with Crippen molar-refractivity contribution in [3.8, 4) is 17.0 Å². The second kappa shape index (κ2) is 10.7. The van der Waals surface area contributed by atoms with E-state index >= 15 is 0 Å². The van der Waals surface area contributed by atoms with E-state index in [1.54, 1.807) is 38.9 Å². The minimum absolute atomic E-state index is 0.285. The number of nitrogens with zero attached hydrogens (tertiary/aromatic N) is 8. The van der Waals surface area contributed by atoms with Gasteiger partial charge in [0, 0.05) is 40.1 Å². The summed E-state index contributed by atoms with van der Waals surface area (Å²) in [5.41, 5.74) is 14.6. The van der Waals surface area contributed by atoms with Crippen molar-refractivity contribution < 1.29 is 14.3 Å². The summed E-state index contributed by atoms with van der Waals surface area (Å²) in [5, 5.41) is 16.0. The van der Waals surface area contributed by atoms with Crippen molar-refractivity contribution in [2.45, 2.75) is 58.9 Å². The van der Waals surface area contributed by atoms with Gasteiger partial charge in [-0.05, 0) is 75.7 Å². The first-order valence-corrected chi connectivity index (χ1v) is 12.7. The molecule has 37 heavy (non-hydrogen) atoms. The van der Waals surface area contributed by atoms with Gasteiger partial charge in [0.25, 0.3) is 0 Å². The molecule has 1 N–H and O–H groups in total. The van der Waals surface area contributed by atoms with Crippen LogP contribution in [0.1, 0.15) is 54.4 Å². The lowest BCUT2D eigenvalue weighted by Gasteiger charge is -2.20. The monoisotopic (exact) mass is 523 g/mol. The maximum Gasteiger partial charge on any atom is 0.413 e. The zero-order valence-electron chi connectivity index (χ0n) is 21.7. The Morgan fingerprint density at radius 3 is 2.81 bits per heavy atom. The molecule has 0 bridgehead atoms. The van der Waals surface area contributed by atoms with Crippen LogP contribution in [0.25, 0.3) is 21.7 Å². The van der Waals surface area contributed by atoms with Gasteiger partial charge in [0.15, 0.2) is 5.84 Å². The highest BCUT2D eigenvalue weighted by atomic mass is 32.2. The maximum atomic E-state index is 12.6. The van der Waals surface area contributed by atoms with E-state index in [9.17, 15) is 4.79 Å². The molecule has 1 aromatic heterocycles. The maximum absolute atomic E-state index is 12.6. The number of carbonyl (C=O) groups is 1. The second-order valence-corrected chi connectivity index (χ2v) is 10.3. The number of methoxy groups -OCH3 is 1. The summed E-state index contributed by atoms with van der Waals surface area (Å²) in [6.07, 6.45) is 1.70. The van der Waals surface area contributed by atoms with Crippen molar-refractivity contribution in [2.24, 2.45) is 9.51 Å². The van der Waals surface area contributed by atoms with E-state index in [4.69, 9.17) is 25.2 Å². The fourth-order valence-corrected chi connectivity index (χ4v) is 4.97. The lowest BCUT2D eigenvalue weighted by atomic mass is 10.1. The number of amides is 1. The molecule has 194 valence electrons. The van der Waals surface area contributed by atoms with Crippen molar-refractivity contribution in [2.75, 3.05) is 13.7 Å². The molecule has 12 nitrogen and oxygen atoms in total. The Labute approximate surface area is 219 Å². The topological polar surface area (TPSA) is 152 Å². The van der Waals surface area contributed by atoms with E-state index in [0.717, 1.165) is 39.3 Å². The highest BCUT2D eigenvalue weighted by molar-refractivity contribution is 7.97. The lowest BCUT2D eigenvalue weighted by molar-refractivity contribution is 0.0563. The van der Waals surface area contributed by atoms with Crippen LogP contribution in [-0.4, -0.2) is 51.2 Å². The fourth-order valence-electron chi connectivity index (χ4n) is 4.19. The van der Waals surface area contributed by atoms with Gasteiger partial charge < -0.3 is 9.47 Å². The second-order valence-electron chi connectivity index (χ2n) is 9.58. The van der Waals surface area contributed by atoms with Crippen LogP contribution >= 0.6 is 11.9 Å². The first kappa shape index (κ1) is 26.2. The third kappa shape index (κ3) is 5.78. The summed E-state index contributed by atoms with van der Waals surface area (Å²) >= 11 is 1.30. The van der Waals surface area contributed by atoms with Crippen LogP contribution < -0.4 is 10.1 Å². The summed E-state index contributed by atoms with van der Waals surface area (Å²) in [7, 11) is 1.63. The molecule has 2 aliphatic heterocycles. The summed E-state index contributed by atoms with van der Waals surface area (Å²) in [6.45, 7) is 9.88. The molecular formula is C24H29N9O3S. The Morgan fingerprint density at radius 1 is 1.32 bits per heavy atom. The van der Waals surface area contributed by atoms with E-state index in [1.807, 2.05) is 19.9 Å². The predicted octanol–water partition coefficient (Wildman–Crippen LogP) is 4.74. The number of carbonyl (C=O) groups excluding carboxylic acids is 1. The molecule has 0 radical (unpaired) electrons. The fraction of sp³-hybridized carbons (Fsp3) is 0.458. The minimum Gasteiger partial charge on any atom is -0.496 e. The summed E-state index contributed by atoms with van der Waals surface area (Å²) < 4.78 is 15.6. The number of rotatable bonds is 6. The lowest BCUT2D eigenvalue weighted by Crippen LogP contribution is -2.37. The van der Waals surface area contributed by atoms with E-state index in [2.05, 4.69) is 24.7 Å². The number of aryl methyl sites for hydroxylation is 1. The Balaban J connectivity index is 1.80. The molecular weight excluding hydrogens is 494 g/mol. The van der Waals surface area contributed by atoms with Crippen molar-refractivity contribution >= 4 is 23.9 Å². The van der Waals surface area contributed by atoms with Gasteiger partial charge in [-0.3, -0.25) is 10.3 Å². The molecule has 1 aliphatic carbocycles. The van der Waals surface area contributed by atoms with Crippen molar-refractivity contribution in [3.63, 3.8) is 0 Å². The minimum atomic E-state index is -0.670. The van der Waals surface area contributed by atoms with Crippen molar-refractivity contribution in [1.82, 2.24) is 25.3 Å². The largest absolute Gasteiger partial charge is 0.496 e. The highest BCUT2D eigenvalue weighted by Crippen LogP contribution is 2.38. The van der Waals surface area contributed by atoms with Crippen LogP contribution in [0.4, 0.5) is 4.79 Å². The van der Waals surface area contributed by atoms with E-state index < -0.39 is 11.7 Å². The SMILES string of the molecule is COc1c(C)cnc(Cn2nc3cc(CCN=[N+]=[N-])c4c-3c(n2)C(NC(=O)OC(C)(C)C)=NSC4)c1C. The first-order valence-electron chi connectivity index (χ1n) is 11.7. The number of ether oxygens (including phenoxy) is 2. The molecule has 0 unspecified atom stereocenters. The molecule has 1 aromatic rings. The average Bonchev–Trinajstić information content (AvgIpc) is 3.05. The zero-order valence-corrected chi connectivity index (χ0v) is 22.5. The van der Waals surface area contributed by atoms with Crippen molar-refractivity contribution in [1.29, 1.82) is 0 Å². The molecule has 3 heterocycles.